The van der Waals surface area contributed by atoms with E-state index in [9.17, 15) is 8.42 Å². The molecule has 2 aromatic carbocycles. The van der Waals surface area contributed by atoms with Gasteiger partial charge in [0.25, 0.3) is 10.0 Å². The van der Waals surface area contributed by atoms with E-state index in [2.05, 4.69) is 26.7 Å². The molecule has 1 fully saturated rings. The van der Waals surface area contributed by atoms with Gasteiger partial charge < -0.3 is 15.0 Å². The average Bonchev–Trinajstić information content (AvgIpc) is 2.80. The fourth-order valence-electron chi connectivity index (χ4n) is 4.00. The van der Waals surface area contributed by atoms with Crippen LogP contribution in [0, 0.1) is 0 Å². The monoisotopic (exact) mass is 454 g/mol. The van der Waals surface area contributed by atoms with Crippen LogP contribution in [0.4, 0.5) is 5.69 Å². The van der Waals surface area contributed by atoms with Crippen molar-refractivity contribution in [2.24, 2.45) is 4.40 Å². The summed E-state index contributed by atoms with van der Waals surface area (Å²) in [6.07, 6.45) is 7.73. The minimum atomic E-state index is -3.69. The molecule has 170 valence electrons. The molecule has 32 heavy (non-hydrogen) atoms. The zero-order valence-corrected chi connectivity index (χ0v) is 19.2. The van der Waals surface area contributed by atoms with Crippen LogP contribution in [0.1, 0.15) is 24.8 Å². The fourth-order valence-corrected chi connectivity index (χ4v) is 5.23. The molecule has 2 heterocycles. The van der Waals surface area contributed by atoms with Gasteiger partial charge in [0, 0.05) is 20.1 Å². The second-order valence-electron chi connectivity index (χ2n) is 8.06. The number of sulfonamides is 1. The van der Waals surface area contributed by atoms with Crippen molar-refractivity contribution in [1.29, 1.82) is 0 Å². The summed E-state index contributed by atoms with van der Waals surface area (Å²) in [4.78, 5) is 4.46. The van der Waals surface area contributed by atoms with Crippen LogP contribution in [0.25, 0.3) is 0 Å². The molecule has 7 nitrogen and oxygen atoms in total. The average molecular weight is 455 g/mol. The molecule has 0 radical (unpaired) electrons. The van der Waals surface area contributed by atoms with Gasteiger partial charge >= 0.3 is 0 Å². The molecule has 1 N–H and O–H groups in total. The third-order valence-electron chi connectivity index (χ3n) is 5.67. The molecular formula is C24H30N4O3S. The minimum Gasteiger partial charge on any atom is -0.490 e. The molecule has 0 aliphatic carbocycles. The largest absolute Gasteiger partial charge is 0.490 e. The van der Waals surface area contributed by atoms with Gasteiger partial charge in [-0.2, -0.15) is 8.42 Å². The van der Waals surface area contributed by atoms with E-state index in [0.717, 1.165) is 12.3 Å². The summed E-state index contributed by atoms with van der Waals surface area (Å²) in [6.45, 7) is 4.21. The van der Waals surface area contributed by atoms with Crippen molar-refractivity contribution in [2.75, 3.05) is 38.2 Å². The van der Waals surface area contributed by atoms with Crippen molar-refractivity contribution in [3.63, 3.8) is 0 Å². The number of hydrogen-bond donors (Lipinski definition) is 1. The smallest absolute Gasteiger partial charge is 0.287 e. The van der Waals surface area contributed by atoms with Crippen LogP contribution >= 0.6 is 0 Å². The second-order valence-corrected chi connectivity index (χ2v) is 9.64. The van der Waals surface area contributed by atoms with E-state index in [-0.39, 0.29) is 4.90 Å². The lowest BCUT2D eigenvalue weighted by atomic mass is 10.1. The van der Waals surface area contributed by atoms with Crippen LogP contribution in [0.2, 0.25) is 0 Å². The Morgan fingerprint density at radius 3 is 2.72 bits per heavy atom. The number of fused-ring (bicyclic) bond motifs is 1. The number of guanidine groups is 1. The minimum absolute atomic E-state index is 0.222. The number of piperidine rings is 1. The molecule has 0 unspecified atom stereocenters. The van der Waals surface area contributed by atoms with Gasteiger partial charge in [-0.15, -0.1) is 4.40 Å². The first kappa shape index (κ1) is 22.4. The highest BCUT2D eigenvalue weighted by Gasteiger charge is 2.28. The molecule has 0 bridgehead atoms. The van der Waals surface area contributed by atoms with E-state index < -0.39 is 10.0 Å². The fraction of sp³-hybridized carbons (Fsp3) is 0.375. The molecular weight excluding hydrogens is 424 g/mol. The number of nitrogens with zero attached hydrogens (tertiary/aromatic N) is 3. The third-order valence-corrected chi connectivity index (χ3v) is 6.99. The lowest BCUT2D eigenvalue weighted by molar-refractivity contribution is 0.220. The van der Waals surface area contributed by atoms with Gasteiger partial charge in [-0.25, -0.2) is 0 Å². The molecule has 0 saturated carbocycles. The summed E-state index contributed by atoms with van der Waals surface area (Å²) in [5, 5.41) is 3.07. The first-order valence-corrected chi connectivity index (χ1v) is 12.5. The highest BCUT2D eigenvalue weighted by Crippen LogP contribution is 2.29. The standard InChI is InChI=1S/C24H30N4O3S/c1-27-22-12-3-4-13-23(22)32(29,30)26-24(27)25-14-5-8-17-31-21-11-9-10-20(18-21)19-28-15-6-2-7-16-28/h3-5,8-13,18H,2,6-7,14-17,19H2,1H3,(H,25,26)/b8-5+. The van der Waals surface area contributed by atoms with Crippen LogP contribution in [0.3, 0.4) is 0 Å². The van der Waals surface area contributed by atoms with Crippen molar-refractivity contribution in [2.45, 2.75) is 30.7 Å². The summed E-state index contributed by atoms with van der Waals surface area (Å²) in [5.41, 5.74) is 1.89. The molecule has 0 aromatic heterocycles. The quantitative estimate of drug-likeness (QED) is 0.647. The summed E-state index contributed by atoms with van der Waals surface area (Å²) in [5.74, 6) is 1.16. The van der Waals surface area contributed by atoms with Crippen LogP contribution in [0.15, 0.2) is 70.0 Å². The number of rotatable bonds is 7. The highest BCUT2D eigenvalue weighted by atomic mass is 32.2. The van der Waals surface area contributed by atoms with Crippen LogP contribution in [-0.4, -0.2) is 52.6 Å². The molecule has 0 spiro atoms. The Morgan fingerprint density at radius 1 is 1.06 bits per heavy atom. The maximum absolute atomic E-state index is 12.4. The Labute approximate surface area is 190 Å². The number of nitrogens with one attached hydrogen (secondary N) is 1. The molecule has 4 rings (SSSR count). The molecule has 2 aliphatic heterocycles. The lowest BCUT2D eigenvalue weighted by Crippen LogP contribution is -2.42. The summed E-state index contributed by atoms with van der Waals surface area (Å²) in [7, 11) is -1.90. The number of hydrogen-bond acceptors (Lipinski definition) is 6. The number of benzene rings is 2. The summed E-state index contributed by atoms with van der Waals surface area (Å²) >= 11 is 0. The first-order valence-electron chi connectivity index (χ1n) is 11.0. The molecule has 2 aromatic rings. The Hall–Kier alpha value is -2.84. The van der Waals surface area contributed by atoms with Gasteiger partial charge in [0.15, 0.2) is 0 Å². The van der Waals surface area contributed by atoms with E-state index in [1.165, 1.54) is 37.9 Å². The third kappa shape index (κ3) is 5.49. The Bertz CT molecular complexity index is 1090. The van der Waals surface area contributed by atoms with Gasteiger partial charge in [-0.1, -0.05) is 36.8 Å². The van der Waals surface area contributed by atoms with Gasteiger partial charge in [-0.3, -0.25) is 4.90 Å². The molecule has 1 saturated heterocycles. The van der Waals surface area contributed by atoms with Crippen molar-refractivity contribution in [3.05, 3.63) is 66.2 Å². The maximum atomic E-state index is 12.4. The van der Waals surface area contributed by atoms with E-state index >= 15 is 0 Å². The van der Waals surface area contributed by atoms with E-state index in [0.29, 0.717) is 24.8 Å². The Kier molecular flexibility index (Phi) is 7.12. The molecule has 8 heteroatoms. The van der Waals surface area contributed by atoms with Crippen LogP contribution in [0.5, 0.6) is 5.75 Å². The van der Waals surface area contributed by atoms with Gasteiger partial charge in [0.2, 0.25) is 5.96 Å². The van der Waals surface area contributed by atoms with Crippen molar-refractivity contribution in [1.82, 2.24) is 10.2 Å². The number of ether oxygens (including phenoxy) is 1. The van der Waals surface area contributed by atoms with Gasteiger partial charge in [-0.05, 0) is 61.8 Å². The first-order chi connectivity index (χ1) is 15.5. The number of para-hydroxylation sites is 1. The predicted octanol–water partition coefficient (Wildman–Crippen LogP) is 3.39. The Morgan fingerprint density at radius 2 is 1.88 bits per heavy atom. The Balaban J connectivity index is 1.25. The lowest BCUT2D eigenvalue weighted by Gasteiger charge is -2.27. The zero-order valence-electron chi connectivity index (χ0n) is 18.4. The second kappa shape index (κ2) is 10.2. The normalized spacial score (nSPS) is 18.3. The van der Waals surface area contributed by atoms with Crippen LogP contribution < -0.4 is 15.0 Å². The maximum Gasteiger partial charge on any atom is 0.287 e. The van der Waals surface area contributed by atoms with E-state index in [4.69, 9.17) is 4.74 Å². The molecule has 2 aliphatic rings. The van der Waals surface area contributed by atoms with Crippen molar-refractivity contribution >= 4 is 21.7 Å². The predicted molar refractivity (Wildman–Crippen MR) is 128 cm³/mol. The molecule has 0 atom stereocenters. The van der Waals surface area contributed by atoms with Crippen molar-refractivity contribution < 1.29 is 13.2 Å². The van der Waals surface area contributed by atoms with Crippen LogP contribution in [-0.2, 0) is 16.6 Å². The zero-order chi connectivity index (χ0) is 22.4. The van der Waals surface area contributed by atoms with Crippen molar-refractivity contribution in [3.8, 4) is 5.75 Å². The number of anilines is 1. The molecule has 0 amide bonds. The SMILES string of the molecule is CN1C(NC/C=C/COc2cccc(CN3CCCCC3)c2)=NS(=O)(=O)c2ccccc21. The topological polar surface area (TPSA) is 74.2 Å². The van der Waals surface area contributed by atoms with E-state index in [1.54, 1.807) is 30.1 Å². The van der Waals surface area contributed by atoms with Gasteiger partial charge in [0.1, 0.15) is 17.3 Å². The summed E-state index contributed by atoms with van der Waals surface area (Å²) < 4.78 is 34.5. The van der Waals surface area contributed by atoms with Gasteiger partial charge in [0.05, 0.1) is 5.69 Å². The van der Waals surface area contributed by atoms with E-state index in [1.807, 2.05) is 30.4 Å². The highest BCUT2D eigenvalue weighted by molar-refractivity contribution is 7.90. The number of likely N-dealkylation sites (tertiary alicyclic amines) is 1. The summed E-state index contributed by atoms with van der Waals surface area (Å²) in [6, 6.07) is 15.1.